The van der Waals surface area contributed by atoms with Gasteiger partial charge in [-0.15, -0.1) is 0 Å². The van der Waals surface area contributed by atoms with Crippen LogP contribution in [0.25, 0.3) is 0 Å². The third kappa shape index (κ3) is 16.8. The van der Waals surface area contributed by atoms with Gasteiger partial charge in [0.15, 0.2) is 0 Å². The van der Waals surface area contributed by atoms with E-state index in [-0.39, 0.29) is 12.5 Å². The Morgan fingerprint density at radius 1 is 1.26 bits per heavy atom. The molecule has 1 fully saturated rings. The van der Waals surface area contributed by atoms with Crippen molar-refractivity contribution in [2.24, 2.45) is 0 Å². The van der Waals surface area contributed by atoms with Gasteiger partial charge >= 0.3 is 11.9 Å². The van der Waals surface area contributed by atoms with E-state index in [0.717, 1.165) is 19.0 Å². The highest BCUT2D eigenvalue weighted by Gasteiger charge is 2.16. The zero-order valence-corrected chi connectivity index (χ0v) is 16.1. The Hall–Kier alpha value is -2.45. The summed E-state index contributed by atoms with van der Waals surface area (Å²) in [6.07, 6.45) is 3.91. The van der Waals surface area contributed by atoms with E-state index in [9.17, 15) is 14.4 Å². The van der Waals surface area contributed by atoms with E-state index in [1.54, 1.807) is 18.0 Å². The summed E-state index contributed by atoms with van der Waals surface area (Å²) in [6, 6.07) is 0. The van der Waals surface area contributed by atoms with Gasteiger partial charge in [0.2, 0.25) is 5.91 Å². The second-order valence-corrected chi connectivity index (χ2v) is 5.85. The number of carboxylic acids is 1. The lowest BCUT2D eigenvalue weighted by Crippen LogP contribution is -2.16. The van der Waals surface area contributed by atoms with Crippen LogP contribution in [0.2, 0.25) is 0 Å². The zero-order chi connectivity index (χ0) is 21.4. The molecule has 0 aromatic heterocycles. The molecule has 0 saturated carbocycles. The number of ether oxygens (including phenoxy) is 1. The van der Waals surface area contributed by atoms with Crippen LogP contribution in [0.1, 0.15) is 39.5 Å². The number of aliphatic hydroxyl groups excluding tert-OH is 2. The van der Waals surface area contributed by atoms with Crippen molar-refractivity contribution in [3.05, 3.63) is 37.6 Å². The normalized spacial score (nSPS) is 14.5. The summed E-state index contributed by atoms with van der Waals surface area (Å²) in [5.74, 6) is -1.28. The minimum atomic E-state index is -0.981. The van der Waals surface area contributed by atoms with Crippen molar-refractivity contribution in [3.63, 3.8) is 0 Å². The predicted octanol–water partition coefficient (Wildman–Crippen LogP) is 1.64. The van der Waals surface area contributed by atoms with Crippen LogP contribution < -0.4 is 0 Å². The van der Waals surface area contributed by atoms with Gasteiger partial charge in [-0.3, -0.25) is 4.79 Å². The Bertz CT molecular complexity index is 490. The number of amides is 1. The third-order valence-corrected chi connectivity index (χ3v) is 3.11. The molecule has 8 heteroatoms. The average Bonchev–Trinajstić information content (AvgIpc) is 3.03. The Kier molecular flexibility index (Phi) is 15.6. The van der Waals surface area contributed by atoms with Crippen LogP contribution in [0.3, 0.4) is 0 Å². The summed E-state index contributed by atoms with van der Waals surface area (Å²) in [6.45, 7) is 14.0. The first-order valence-corrected chi connectivity index (χ1v) is 8.53. The van der Waals surface area contributed by atoms with Crippen molar-refractivity contribution >= 4 is 17.8 Å². The Morgan fingerprint density at radius 2 is 1.81 bits per heavy atom. The molecule has 0 bridgehead atoms. The average molecular weight is 385 g/mol. The number of carbonyl (C=O) groups excluding carboxylic acids is 2. The summed E-state index contributed by atoms with van der Waals surface area (Å²) >= 11 is 0. The fourth-order valence-corrected chi connectivity index (χ4v) is 1.65. The first kappa shape index (κ1) is 26.8. The van der Waals surface area contributed by atoms with Crippen molar-refractivity contribution in [3.8, 4) is 0 Å². The monoisotopic (exact) mass is 385 g/mol. The van der Waals surface area contributed by atoms with Gasteiger partial charge < -0.3 is 25.0 Å². The highest BCUT2D eigenvalue weighted by Crippen LogP contribution is 2.08. The molecule has 1 rings (SSSR count). The van der Waals surface area contributed by atoms with Crippen LogP contribution in [0.4, 0.5) is 0 Å². The van der Waals surface area contributed by atoms with Crippen LogP contribution in [0.15, 0.2) is 37.6 Å². The van der Waals surface area contributed by atoms with Gasteiger partial charge in [0.1, 0.15) is 6.61 Å². The van der Waals surface area contributed by atoms with Crippen LogP contribution in [-0.4, -0.2) is 63.4 Å². The highest BCUT2D eigenvalue weighted by atomic mass is 16.5. The van der Waals surface area contributed by atoms with Crippen molar-refractivity contribution in [2.75, 3.05) is 13.2 Å². The molecule has 8 nitrogen and oxygen atoms in total. The fraction of sp³-hybridized carbons (Fsp3) is 0.526. The lowest BCUT2D eigenvalue weighted by atomic mass is 10.1. The Labute approximate surface area is 160 Å². The van der Waals surface area contributed by atoms with Crippen molar-refractivity contribution in [2.45, 2.75) is 51.7 Å². The van der Waals surface area contributed by atoms with E-state index in [0.29, 0.717) is 24.8 Å². The molecule has 3 N–H and O–H groups in total. The van der Waals surface area contributed by atoms with Gasteiger partial charge in [0.05, 0.1) is 12.2 Å². The minimum absolute atomic E-state index is 0.0213. The summed E-state index contributed by atoms with van der Waals surface area (Å²) in [7, 11) is 0. The molecule has 1 amide bonds. The quantitative estimate of drug-likeness (QED) is 0.428. The summed E-state index contributed by atoms with van der Waals surface area (Å²) < 4.78 is 4.73. The molecule has 1 aliphatic heterocycles. The molecule has 0 aromatic carbocycles. The fourth-order valence-electron chi connectivity index (χ4n) is 1.65. The Balaban J connectivity index is 0. The first-order valence-electron chi connectivity index (χ1n) is 8.53. The van der Waals surface area contributed by atoms with Gasteiger partial charge in [0.25, 0.3) is 0 Å². The van der Waals surface area contributed by atoms with Crippen LogP contribution >= 0.6 is 0 Å². The number of carbonyl (C=O) groups is 3. The number of likely N-dealkylation sites (tertiary alicyclic amines) is 1. The van der Waals surface area contributed by atoms with E-state index >= 15 is 0 Å². The number of aliphatic carboxylic acids is 1. The third-order valence-electron chi connectivity index (χ3n) is 3.11. The lowest BCUT2D eigenvalue weighted by Gasteiger charge is -2.09. The maximum Gasteiger partial charge on any atom is 0.333 e. The number of hydrogen-bond donors (Lipinski definition) is 3. The summed E-state index contributed by atoms with van der Waals surface area (Å²) in [5, 5.41) is 25.4. The van der Waals surface area contributed by atoms with E-state index in [1.165, 1.54) is 6.92 Å². The van der Waals surface area contributed by atoms with Gasteiger partial charge in [-0.2, -0.15) is 0 Å². The summed E-state index contributed by atoms with van der Waals surface area (Å²) in [4.78, 5) is 32.7. The maximum atomic E-state index is 11.1. The molecule has 27 heavy (non-hydrogen) atoms. The van der Waals surface area contributed by atoms with Crippen molar-refractivity contribution in [1.29, 1.82) is 0 Å². The largest absolute Gasteiger partial charge is 0.478 e. The molecule has 2 unspecified atom stereocenters. The van der Waals surface area contributed by atoms with Gasteiger partial charge in [-0.1, -0.05) is 19.7 Å². The molecule has 1 heterocycles. The maximum absolute atomic E-state index is 11.1. The number of carboxylic acid groups (broad SMARTS) is 1. The standard InChI is InChI=1S/C10H18O4.C6H9NO.C3H4O2/c1-7(4-5-8(2)11)10(13)14-6-9(3)12;1-2-7-5-3-4-6(7)8;1-2-3(4)5/h8-9,11-12H,1,4-6H2,2-3H3;2H,1,3-5H2;2H,1H2,(H,4,5). The van der Waals surface area contributed by atoms with Gasteiger partial charge in [-0.05, 0) is 39.3 Å². The van der Waals surface area contributed by atoms with Crippen LogP contribution in [-0.2, 0) is 19.1 Å². The number of esters is 1. The zero-order valence-electron chi connectivity index (χ0n) is 16.1. The van der Waals surface area contributed by atoms with Crippen LogP contribution in [0.5, 0.6) is 0 Å². The molecule has 0 spiro atoms. The van der Waals surface area contributed by atoms with E-state index in [4.69, 9.17) is 20.1 Å². The molecule has 0 aliphatic carbocycles. The topological polar surface area (TPSA) is 124 Å². The van der Waals surface area contributed by atoms with Crippen molar-refractivity contribution < 1.29 is 34.4 Å². The van der Waals surface area contributed by atoms with E-state index in [1.807, 2.05) is 0 Å². The number of hydrogen-bond acceptors (Lipinski definition) is 6. The second-order valence-electron chi connectivity index (χ2n) is 5.85. The molecule has 0 radical (unpaired) electrons. The molecular weight excluding hydrogens is 354 g/mol. The number of rotatable bonds is 8. The van der Waals surface area contributed by atoms with E-state index < -0.39 is 24.1 Å². The lowest BCUT2D eigenvalue weighted by molar-refractivity contribution is -0.141. The SMILES string of the molecule is C=C(CCC(C)O)C(=O)OCC(C)O.C=CC(=O)O.C=CN1CCCC1=O. The van der Waals surface area contributed by atoms with Gasteiger partial charge in [-0.25, -0.2) is 9.59 Å². The predicted molar refractivity (Wildman–Crippen MR) is 102 cm³/mol. The summed E-state index contributed by atoms with van der Waals surface area (Å²) in [5.41, 5.74) is 0.326. The molecular formula is C19H31NO7. The molecule has 2 atom stereocenters. The molecule has 1 saturated heterocycles. The van der Waals surface area contributed by atoms with Gasteiger partial charge in [0, 0.05) is 24.6 Å². The van der Waals surface area contributed by atoms with Crippen LogP contribution in [0, 0.1) is 0 Å². The van der Waals surface area contributed by atoms with Crippen molar-refractivity contribution in [1.82, 2.24) is 4.90 Å². The molecule has 0 aromatic rings. The highest BCUT2D eigenvalue weighted by molar-refractivity contribution is 5.87. The molecule has 1 aliphatic rings. The second kappa shape index (κ2) is 15.8. The number of nitrogens with zero attached hydrogens (tertiary/aromatic N) is 1. The Morgan fingerprint density at radius 3 is 2.11 bits per heavy atom. The minimum Gasteiger partial charge on any atom is -0.478 e. The number of aliphatic hydroxyl groups is 2. The molecule has 154 valence electrons. The first-order chi connectivity index (χ1) is 12.5. The van der Waals surface area contributed by atoms with E-state index in [2.05, 4.69) is 19.7 Å². The smallest absolute Gasteiger partial charge is 0.333 e.